The van der Waals surface area contributed by atoms with Gasteiger partial charge in [-0.25, -0.2) is 9.78 Å². The van der Waals surface area contributed by atoms with Crippen molar-refractivity contribution >= 4 is 23.7 Å². The van der Waals surface area contributed by atoms with Crippen molar-refractivity contribution in [3.8, 4) is 0 Å². The predicted molar refractivity (Wildman–Crippen MR) is 109 cm³/mol. The Balaban J connectivity index is 3.05. The first-order valence-electron chi connectivity index (χ1n) is 9.76. The molecule has 7 atom stereocenters. The molecule has 3 amide bonds. The summed E-state index contributed by atoms with van der Waals surface area (Å²) in [5, 5.41) is 44.8. The van der Waals surface area contributed by atoms with Crippen molar-refractivity contribution in [1.82, 2.24) is 25.9 Å². The summed E-state index contributed by atoms with van der Waals surface area (Å²) in [6, 6.07) is -5.89. The van der Waals surface area contributed by atoms with E-state index in [-0.39, 0.29) is 6.42 Å². The third-order valence-corrected chi connectivity index (χ3v) is 4.54. The minimum Gasteiger partial charge on any atom is -0.480 e. The highest BCUT2D eigenvalue weighted by Crippen LogP contribution is 2.04. The van der Waals surface area contributed by atoms with Crippen molar-refractivity contribution in [2.75, 3.05) is 0 Å². The van der Waals surface area contributed by atoms with Gasteiger partial charge in [0.2, 0.25) is 17.7 Å². The van der Waals surface area contributed by atoms with E-state index in [9.17, 15) is 39.6 Å². The molecule has 180 valence electrons. The van der Waals surface area contributed by atoms with Crippen LogP contribution in [-0.4, -0.2) is 96.6 Å². The second-order valence-corrected chi connectivity index (χ2v) is 7.40. The fraction of sp³-hybridized carbons (Fsp3) is 0.611. The van der Waals surface area contributed by atoms with Gasteiger partial charge in [0.25, 0.3) is 0 Å². The van der Waals surface area contributed by atoms with Gasteiger partial charge in [0.15, 0.2) is 6.04 Å². The summed E-state index contributed by atoms with van der Waals surface area (Å²) in [7, 11) is 0. The van der Waals surface area contributed by atoms with Crippen LogP contribution in [0.2, 0.25) is 0 Å². The van der Waals surface area contributed by atoms with Crippen molar-refractivity contribution in [2.24, 2.45) is 5.73 Å². The highest BCUT2D eigenvalue weighted by atomic mass is 16.4. The molecule has 0 radical (unpaired) electrons. The molecule has 0 aliphatic carbocycles. The summed E-state index contributed by atoms with van der Waals surface area (Å²) in [5.74, 6) is -4.29. The molecule has 10 N–H and O–H groups in total. The fourth-order valence-corrected chi connectivity index (χ4v) is 2.60. The van der Waals surface area contributed by atoms with Crippen LogP contribution >= 0.6 is 0 Å². The lowest BCUT2D eigenvalue weighted by Crippen LogP contribution is -2.61. The average Bonchev–Trinajstić information content (AvgIpc) is 3.20. The second kappa shape index (κ2) is 12.1. The van der Waals surface area contributed by atoms with Gasteiger partial charge in [-0.3, -0.25) is 14.4 Å². The largest absolute Gasteiger partial charge is 0.480 e. The number of nitrogens with zero attached hydrogens (tertiary/aromatic N) is 1. The van der Waals surface area contributed by atoms with Gasteiger partial charge in [-0.15, -0.1) is 0 Å². The number of carboxylic acid groups (broad SMARTS) is 1. The number of H-pyrrole nitrogens is 1. The smallest absolute Gasteiger partial charge is 0.328 e. The number of hydrogen-bond acceptors (Lipinski definition) is 9. The normalized spacial score (nSPS) is 17.7. The molecule has 1 aromatic heterocycles. The van der Waals surface area contributed by atoms with Gasteiger partial charge in [-0.2, -0.15) is 0 Å². The maximum atomic E-state index is 12.7. The summed E-state index contributed by atoms with van der Waals surface area (Å²) < 4.78 is 0. The first kappa shape index (κ1) is 27.0. The first-order valence-corrected chi connectivity index (χ1v) is 9.76. The number of aliphatic carboxylic acids is 1. The van der Waals surface area contributed by atoms with Gasteiger partial charge in [0, 0.05) is 18.3 Å². The van der Waals surface area contributed by atoms with Gasteiger partial charge < -0.3 is 47.1 Å². The molecule has 32 heavy (non-hydrogen) atoms. The van der Waals surface area contributed by atoms with E-state index in [1.807, 2.05) is 0 Å². The van der Waals surface area contributed by atoms with Crippen LogP contribution in [0.3, 0.4) is 0 Å². The third-order valence-electron chi connectivity index (χ3n) is 4.54. The number of amides is 3. The number of carbonyl (C=O) groups excluding carboxylic acids is 3. The van der Waals surface area contributed by atoms with E-state index in [0.29, 0.717) is 5.69 Å². The van der Waals surface area contributed by atoms with Gasteiger partial charge >= 0.3 is 5.97 Å². The Bertz CT molecular complexity index is 782. The number of aliphatic hydroxyl groups is 3. The van der Waals surface area contributed by atoms with Crippen LogP contribution < -0.4 is 21.7 Å². The standard InChI is InChI=1S/C18H30N6O8/c1-7(25)12(19)16(29)23-13(8(2)26)17(30)22-11(4-10-5-20-6-21-10)15(28)24-14(9(3)27)18(31)32/h5-9,11-14,25-27H,4,19H2,1-3H3,(H,20,21)(H,22,30)(H,23,29)(H,24,28)(H,31,32). The summed E-state index contributed by atoms with van der Waals surface area (Å²) in [6.45, 7) is 3.66. The van der Waals surface area contributed by atoms with E-state index in [0.717, 1.165) is 0 Å². The lowest BCUT2D eigenvalue weighted by atomic mass is 10.1. The number of aromatic amines is 1. The summed E-state index contributed by atoms with van der Waals surface area (Å²) in [5.41, 5.74) is 5.95. The monoisotopic (exact) mass is 458 g/mol. The van der Waals surface area contributed by atoms with Crippen LogP contribution in [0.25, 0.3) is 0 Å². The van der Waals surface area contributed by atoms with Crippen molar-refractivity contribution < 1.29 is 39.6 Å². The van der Waals surface area contributed by atoms with Gasteiger partial charge in [-0.05, 0) is 20.8 Å². The Morgan fingerprint density at radius 3 is 1.94 bits per heavy atom. The molecular weight excluding hydrogens is 428 g/mol. The maximum Gasteiger partial charge on any atom is 0.328 e. The molecule has 1 rings (SSSR count). The van der Waals surface area contributed by atoms with Gasteiger partial charge in [0.05, 0.1) is 24.6 Å². The van der Waals surface area contributed by atoms with Crippen LogP contribution in [-0.2, 0) is 25.6 Å². The molecule has 1 aromatic rings. The van der Waals surface area contributed by atoms with Crippen LogP contribution in [0.1, 0.15) is 26.5 Å². The van der Waals surface area contributed by atoms with Crippen molar-refractivity contribution in [3.05, 3.63) is 18.2 Å². The Morgan fingerprint density at radius 2 is 1.50 bits per heavy atom. The SMILES string of the molecule is CC(O)C(N)C(=O)NC(C(=O)NC(Cc1cnc[nH]1)C(=O)NC(C(=O)O)C(C)O)C(C)O. The maximum absolute atomic E-state index is 12.7. The zero-order valence-corrected chi connectivity index (χ0v) is 17.8. The van der Waals surface area contributed by atoms with Crippen LogP contribution in [0.15, 0.2) is 12.5 Å². The fourth-order valence-electron chi connectivity index (χ4n) is 2.60. The van der Waals surface area contributed by atoms with E-state index >= 15 is 0 Å². The molecule has 0 aromatic carbocycles. The molecule has 0 spiro atoms. The highest BCUT2D eigenvalue weighted by molar-refractivity contribution is 5.94. The van der Waals surface area contributed by atoms with Crippen molar-refractivity contribution in [3.63, 3.8) is 0 Å². The molecule has 0 aliphatic rings. The van der Waals surface area contributed by atoms with Gasteiger partial charge in [0.1, 0.15) is 18.1 Å². The molecule has 7 unspecified atom stereocenters. The molecule has 0 aliphatic heterocycles. The van der Waals surface area contributed by atoms with Crippen LogP contribution in [0.4, 0.5) is 0 Å². The number of carboxylic acids is 1. The topological polar surface area (TPSA) is 240 Å². The second-order valence-electron chi connectivity index (χ2n) is 7.40. The summed E-state index contributed by atoms with van der Waals surface area (Å²) >= 11 is 0. The molecule has 0 bridgehead atoms. The predicted octanol–water partition coefficient (Wildman–Crippen LogP) is -4.04. The number of imidazole rings is 1. The van der Waals surface area contributed by atoms with Gasteiger partial charge in [-0.1, -0.05) is 0 Å². The molecule has 1 heterocycles. The average molecular weight is 458 g/mol. The zero-order chi connectivity index (χ0) is 24.6. The number of carbonyl (C=O) groups is 4. The Hall–Kier alpha value is -3.07. The number of nitrogens with two attached hydrogens (primary N) is 1. The van der Waals surface area contributed by atoms with Crippen molar-refractivity contribution in [2.45, 2.75) is 69.7 Å². The van der Waals surface area contributed by atoms with Crippen LogP contribution in [0, 0.1) is 0 Å². The number of rotatable bonds is 12. The molecule has 0 saturated carbocycles. The Labute approximate surface area is 183 Å². The minimum absolute atomic E-state index is 0.141. The highest BCUT2D eigenvalue weighted by Gasteiger charge is 2.34. The lowest BCUT2D eigenvalue weighted by Gasteiger charge is -2.27. The molecule has 0 saturated heterocycles. The quantitative estimate of drug-likeness (QED) is 0.147. The first-order chi connectivity index (χ1) is 14.8. The number of hydrogen-bond donors (Lipinski definition) is 9. The number of aromatic nitrogens is 2. The molecule has 0 fully saturated rings. The molecule has 14 nitrogen and oxygen atoms in total. The third kappa shape index (κ3) is 7.88. The number of aliphatic hydroxyl groups excluding tert-OH is 3. The number of nitrogens with one attached hydrogen (secondary N) is 4. The van der Waals surface area contributed by atoms with Crippen molar-refractivity contribution in [1.29, 1.82) is 0 Å². The van der Waals surface area contributed by atoms with E-state index in [1.54, 1.807) is 0 Å². The minimum atomic E-state index is -1.64. The van der Waals surface area contributed by atoms with E-state index < -0.39 is 66.2 Å². The van der Waals surface area contributed by atoms with E-state index in [4.69, 9.17) is 5.73 Å². The summed E-state index contributed by atoms with van der Waals surface area (Å²) in [6.07, 6.45) is -1.48. The lowest BCUT2D eigenvalue weighted by molar-refractivity contribution is -0.145. The zero-order valence-electron chi connectivity index (χ0n) is 17.8. The molecular formula is C18H30N6O8. The van der Waals surface area contributed by atoms with E-state index in [1.165, 1.54) is 33.3 Å². The Morgan fingerprint density at radius 1 is 0.938 bits per heavy atom. The van der Waals surface area contributed by atoms with Crippen LogP contribution in [0.5, 0.6) is 0 Å². The summed E-state index contributed by atoms with van der Waals surface area (Å²) in [4.78, 5) is 55.4. The van der Waals surface area contributed by atoms with E-state index in [2.05, 4.69) is 25.9 Å². The molecule has 14 heteroatoms. The Kier molecular flexibility index (Phi) is 10.2.